The van der Waals surface area contributed by atoms with Gasteiger partial charge in [-0.1, -0.05) is 37.1 Å². The second-order valence-corrected chi connectivity index (χ2v) is 9.68. The van der Waals surface area contributed by atoms with E-state index in [4.69, 9.17) is 0 Å². The SMILES string of the molecule is CC(=O)N1CCCCC[C@@H]1Cc1c(C(=O)N(C)CCc2ccccn2)sc2ccccc12. The van der Waals surface area contributed by atoms with Crippen molar-refractivity contribution < 1.29 is 9.59 Å². The maximum atomic E-state index is 13.5. The Balaban J connectivity index is 1.60. The molecule has 3 heterocycles. The van der Waals surface area contributed by atoms with Crippen molar-refractivity contribution in [3.8, 4) is 0 Å². The zero-order valence-corrected chi connectivity index (χ0v) is 19.7. The summed E-state index contributed by atoms with van der Waals surface area (Å²) < 4.78 is 1.13. The highest BCUT2D eigenvalue weighted by Crippen LogP contribution is 2.35. The Morgan fingerprint density at radius 2 is 1.94 bits per heavy atom. The standard InChI is InChI=1S/C26H31N3O2S/c1-19(30)29-16-9-3-4-11-21(29)18-23-22-12-5-6-13-24(22)32-25(23)26(31)28(2)17-14-20-10-7-8-15-27-20/h5-8,10,12-13,15,21H,3-4,9,11,14,16-18H2,1-2H3/t21-/m1/s1. The molecule has 0 saturated carbocycles. The highest BCUT2D eigenvalue weighted by atomic mass is 32.1. The maximum Gasteiger partial charge on any atom is 0.264 e. The normalized spacial score (nSPS) is 16.7. The maximum absolute atomic E-state index is 13.5. The van der Waals surface area contributed by atoms with Gasteiger partial charge in [-0.05, 0) is 48.4 Å². The number of rotatable bonds is 6. The molecule has 3 aromatic rings. The number of carbonyl (C=O) groups is 2. The van der Waals surface area contributed by atoms with Gasteiger partial charge in [0.2, 0.25) is 5.91 Å². The van der Waals surface area contributed by atoms with Crippen molar-refractivity contribution >= 4 is 33.2 Å². The molecule has 2 amide bonds. The van der Waals surface area contributed by atoms with Crippen LogP contribution in [0.2, 0.25) is 0 Å². The number of aromatic nitrogens is 1. The van der Waals surface area contributed by atoms with Gasteiger partial charge < -0.3 is 9.80 Å². The first-order valence-electron chi connectivity index (χ1n) is 11.5. The van der Waals surface area contributed by atoms with E-state index in [0.717, 1.165) is 71.3 Å². The highest BCUT2D eigenvalue weighted by molar-refractivity contribution is 7.21. The molecule has 0 spiro atoms. The van der Waals surface area contributed by atoms with Gasteiger partial charge in [0.25, 0.3) is 5.91 Å². The lowest BCUT2D eigenvalue weighted by Crippen LogP contribution is -2.40. The Labute approximate surface area is 194 Å². The molecule has 1 atom stereocenters. The molecular formula is C26H31N3O2S. The van der Waals surface area contributed by atoms with Crippen LogP contribution in [0.1, 0.15) is 53.5 Å². The summed E-state index contributed by atoms with van der Waals surface area (Å²) in [6.45, 7) is 3.10. The van der Waals surface area contributed by atoms with Crippen LogP contribution in [0.4, 0.5) is 0 Å². The molecule has 5 nitrogen and oxygen atoms in total. The summed E-state index contributed by atoms with van der Waals surface area (Å²) in [5.41, 5.74) is 2.08. The molecule has 1 aliphatic heterocycles. The molecule has 2 aromatic heterocycles. The summed E-state index contributed by atoms with van der Waals surface area (Å²) in [4.78, 5) is 34.9. The summed E-state index contributed by atoms with van der Waals surface area (Å²) in [5.74, 6) is 0.192. The molecule has 0 bridgehead atoms. The third-order valence-electron chi connectivity index (χ3n) is 6.39. The Morgan fingerprint density at radius 3 is 2.72 bits per heavy atom. The quantitative estimate of drug-likeness (QED) is 0.535. The fourth-order valence-corrected chi connectivity index (χ4v) is 5.84. The number of hydrogen-bond acceptors (Lipinski definition) is 4. The summed E-state index contributed by atoms with van der Waals surface area (Å²) in [7, 11) is 1.87. The minimum Gasteiger partial charge on any atom is -0.341 e. The molecule has 168 valence electrons. The van der Waals surface area contributed by atoms with Gasteiger partial charge in [0.05, 0.1) is 4.88 Å². The minimum atomic E-state index is 0.0557. The van der Waals surface area contributed by atoms with Gasteiger partial charge in [-0.2, -0.15) is 0 Å². The molecule has 6 heteroatoms. The molecule has 0 unspecified atom stereocenters. The van der Waals surface area contributed by atoms with Crippen LogP contribution in [0.5, 0.6) is 0 Å². The van der Waals surface area contributed by atoms with Crippen LogP contribution in [0, 0.1) is 0 Å². The third kappa shape index (κ3) is 5.01. The van der Waals surface area contributed by atoms with E-state index in [1.807, 2.05) is 42.3 Å². The number of benzene rings is 1. The second-order valence-electron chi connectivity index (χ2n) is 8.62. The lowest BCUT2D eigenvalue weighted by molar-refractivity contribution is -0.131. The number of thiophene rings is 1. The molecule has 1 aromatic carbocycles. The predicted molar refractivity (Wildman–Crippen MR) is 130 cm³/mol. The lowest BCUT2D eigenvalue weighted by atomic mass is 9.97. The minimum absolute atomic E-state index is 0.0557. The highest BCUT2D eigenvalue weighted by Gasteiger charge is 2.28. The Bertz CT molecular complexity index is 1080. The zero-order chi connectivity index (χ0) is 22.5. The smallest absolute Gasteiger partial charge is 0.264 e. The molecule has 0 N–H and O–H groups in total. The zero-order valence-electron chi connectivity index (χ0n) is 18.9. The van der Waals surface area contributed by atoms with Crippen molar-refractivity contribution in [2.75, 3.05) is 20.1 Å². The molecule has 1 aliphatic rings. The van der Waals surface area contributed by atoms with Gasteiger partial charge in [0, 0.05) is 56.1 Å². The van der Waals surface area contributed by atoms with Crippen LogP contribution in [-0.2, 0) is 17.6 Å². The number of hydrogen-bond donors (Lipinski definition) is 0. The summed E-state index contributed by atoms with van der Waals surface area (Å²) in [5, 5.41) is 1.15. The number of likely N-dealkylation sites (N-methyl/N-ethyl adjacent to an activating group) is 1. The molecule has 1 fully saturated rings. The molecule has 0 aliphatic carbocycles. The van der Waals surface area contributed by atoms with E-state index in [-0.39, 0.29) is 17.9 Å². The topological polar surface area (TPSA) is 53.5 Å². The van der Waals surface area contributed by atoms with Crippen molar-refractivity contribution in [1.29, 1.82) is 0 Å². The second kappa shape index (κ2) is 10.3. The molecule has 0 radical (unpaired) electrons. The first-order chi connectivity index (χ1) is 15.5. The van der Waals surface area contributed by atoms with E-state index in [9.17, 15) is 9.59 Å². The number of nitrogens with zero attached hydrogens (tertiary/aromatic N) is 3. The fourth-order valence-electron chi connectivity index (χ4n) is 4.62. The van der Waals surface area contributed by atoms with Crippen LogP contribution in [-0.4, -0.2) is 52.8 Å². The largest absolute Gasteiger partial charge is 0.341 e. The molecule has 32 heavy (non-hydrogen) atoms. The van der Waals surface area contributed by atoms with Crippen LogP contribution >= 0.6 is 11.3 Å². The van der Waals surface area contributed by atoms with Gasteiger partial charge >= 0.3 is 0 Å². The predicted octanol–water partition coefficient (Wildman–Crippen LogP) is 4.94. The lowest BCUT2D eigenvalue weighted by Gasteiger charge is -2.29. The van der Waals surface area contributed by atoms with Gasteiger partial charge in [0.1, 0.15) is 0 Å². The Kier molecular flexibility index (Phi) is 7.20. The first kappa shape index (κ1) is 22.5. The van der Waals surface area contributed by atoms with E-state index < -0.39 is 0 Å². The number of pyridine rings is 1. The van der Waals surface area contributed by atoms with Gasteiger partial charge in [-0.25, -0.2) is 0 Å². The average Bonchev–Trinajstić information content (AvgIpc) is 2.99. The van der Waals surface area contributed by atoms with Crippen molar-refractivity contribution in [1.82, 2.24) is 14.8 Å². The molecule has 4 rings (SSSR count). The van der Waals surface area contributed by atoms with E-state index in [1.54, 1.807) is 29.4 Å². The van der Waals surface area contributed by atoms with Crippen molar-refractivity contribution in [3.05, 3.63) is 64.8 Å². The third-order valence-corrected chi connectivity index (χ3v) is 7.59. The first-order valence-corrected chi connectivity index (χ1v) is 12.3. The summed E-state index contributed by atoms with van der Waals surface area (Å²) in [6, 6.07) is 14.3. The van der Waals surface area contributed by atoms with Crippen LogP contribution in [0.15, 0.2) is 48.7 Å². The van der Waals surface area contributed by atoms with Gasteiger partial charge in [-0.3, -0.25) is 14.6 Å². The van der Waals surface area contributed by atoms with Crippen molar-refractivity contribution in [2.24, 2.45) is 0 Å². The number of likely N-dealkylation sites (tertiary alicyclic amines) is 1. The number of fused-ring (bicyclic) bond motifs is 1. The van der Waals surface area contributed by atoms with Crippen LogP contribution < -0.4 is 0 Å². The van der Waals surface area contributed by atoms with Gasteiger partial charge in [0.15, 0.2) is 0 Å². The number of carbonyl (C=O) groups excluding carboxylic acids is 2. The van der Waals surface area contributed by atoms with Crippen molar-refractivity contribution in [3.63, 3.8) is 0 Å². The summed E-state index contributed by atoms with van der Waals surface area (Å²) in [6.07, 6.45) is 7.59. The van der Waals surface area contributed by atoms with E-state index in [2.05, 4.69) is 17.1 Å². The summed E-state index contributed by atoms with van der Waals surface area (Å²) >= 11 is 1.58. The van der Waals surface area contributed by atoms with E-state index >= 15 is 0 Å². The van der Waals surface area contributed by atoms with Crippen LogP contribution in [0.3, 0.4) is 0 Å². The molecular weight excluding hydrogens is 418 g/mol. The van der Waals surface area contributed by atoms with Crippen molar-refractivity contribution in [2.45, 2.75) is 51.5 Å². The van der Waals surface area contributed by atoms with E-state index in [0.29, 0.717) is 6.54 Å². The number of amides is 2. The van der Waals surface area contributed by atoms with Crippen LogP contribution in [0.25, 0.3) is 10.1 Å². The van der Waals surface area contributed by atoms with Gasteiger partial charge in [-0.15, -0.1) is 11.3 Å². The Morgan fingerprint density at radius 1 is 1.12 bits per heavy atom. The fraction of sp³-hybridized carbons (Fsp3) is 0.423. The molecule has 1 saturated heterocycles. The van der Waals surface area contributed by atoms with E-state index in [1.165, 1.54) is 0 Å². The monoisotopic (exact) mass is 449 g/mol. The average molecular weight is 450 g/mol. The Hall–Kier alpha value is -2.73.